The molecule has 3 heterocycles. The number of ether oxygens (including phenoxy) is 1. The van der Waals surface area contributed by atoms with E-state index < -0.39 is 0 Å². The molecule has 150 valence electrons. The number of aromatic nitrogens is 2. The van der Waals surface area contributed by atoms with Crippen molar-refractivity contribution in [2.75, 3.05) is 18.4 Å². The molecular weight excluding hydrogens is 368 g/mol. The Hall–Kier alpha value is -3.35. The minimum Gasteiger partial charge on any atom is -0.474 e. The Morgan fingerprint density at radius 1 is 1.21 bits per heavy atom. The van der Waals surface area contributed by atoms with Crippen molar-refractivity contribution in [3.8, 4) is 5.88 Å². The molecule has 0 spiro atoms. The minimum atomic E-state index is -0.0482. The highest BCUT2D eigenvalue weighted by Crippen LogP contribution is 2.21. The molecule has 0 aliphatic carbocycles. The van der Waals surface area contributed by atoms with E-state index in [1.807, 2.05) is 35.4 Å². The zero-order chi connectivity index (χ0) is 20.2. The number of likely N-dealkylation sites (tertiary alicyclic amines) is 1. The number of amides is 2. The minimum absolute atomic E-state index is 0.0218. The summed E-state index contributed by atoms with van der Waals surface area (Å²) in [5.74, 6) is 0.531. The van der Waals surface area contributed by atoms with E-state index >= 15 is 0 Å². The van der Waals surface area contributed by atoms with Crippen LogP contribution < -0.4 is 10.1 Å². The van der Waals surface area contributed by atoms with Crippen LogP contribution in [0.4, 0.5) is 5.69 Å². The Morgan fingerprint density at radius 2 is 2.03 bits per heavy atom. The fraction of sp³-hybridized carbons (Fsp3) is 0.318. The fourth-order valence-electron chi connectivity index (χ4n) is 3.48. The number of hydrogen-bond donors (Lipinski definition) is 2. The van der Waals surface area contributed by atoms with Crippen LogP contribution in [0.5, 0.6) is 5.88 Å². The first-order valence-corrected chi connectivity index (χ1v) is 9.91. The molecule has 7 heteroatoms. The van der Waals surface area contributed by atoms with Gasteiger partial charge in [-0.15, -0.1) is 0 Å². The van der Waals surface area contributed by atoms with Gasteiger partial charge >= 0.3 is 0 Å². The SMILES string of the molecule is CCC(=O)Nc1ccc(OC2CCN(C(=O)c3ccc4cc[nH]c4c3)CC2)nc1. The Bertz CT molecular complexity index is 1000. The number of carbonyl (C=O) groups is 2. The van der Waals surface area contributed by atoms with Crippen molar-refractivity contribution < 1.29 is 14.3 Å². The third-order valence-corrected chi connectivity index (χ3v) is 5.16. The van der Waals surface area contributed by atoms with Gasteiger partial charge in [0, 0.05) is 55.7 Å². The van der Waals surface area contributed by atoms with E-state index in [2.05, 4.69) is 15.3 Å². The largest absolute Gasteiger partial charge is 0.474 e. The molecule has 3 aromatic rings. The Kier molecular flexibility index (Phi) is 5.46. The summed E-state index contributed by atoms with van der Waals surface area (Å²) in [6, 6.07) is 11.3. The standard InChI is InChI=1S/C22H24N4O3/c1-2-20(27)25-17-5-6-21(24-14-17)29-18-8-11-26(12-9-18)22(28)16-4-3-15-7-10-23-19(15)13-16/h3-7,10,13-14,18,23H,2,8-9,11-12H2,1H3,(H,25,27). The number of benzene rings is 1. The smallest absolute Gasteiger partial charge is 0.253 e. The number of pyridine rings is 1. The van der Waals surface area contributed by atoms with Crippen LogP contribution in [0, 0.1) is 0 Å². The molecule has 2 aromatic heterocycles. The van der Waals surface area contributed by atoms with Gasteiger partial charge in [0.25, 0.3) is 5.91 Å². The van der Waals surface area contributed by atoms with Crippen LogP contribution in [0.15, 0.2) is 48.8 Å². The maximum Gasteiger partial charge on any atom is 0.253 e. The first-order chi connectivity index (χ1) is 14.1. The van der Waals surface area contributed by atoms with Crippen molar-refractivity contribution >= 4 is 28.4 Å². The lowest BCUT2D eigenvalue weighted by Gasteiger charge is -2.32. The summed E-state index contributed by atoms with van der Waals surface area (Å²) in [6.07, 6.45) is 5.43. The van der Waals surface area contributed by atoms with E-state index in [9.17, 15) is 9.59 Å². The average Bonchev–Trinajstić information content (AvgIpc) is 3.23. The van der Waals surface area contributed by atoms with Crippen molar-refractivity contribution in [3.63, 3.8) is 0 Å². The van der Waals surface area contributed by atoms with Gasteiger partial charge in [0.15, 0.2) is 0 Å². The van der Waals surface area contributed by atoms with Crippen LogP contribution in [0.1, 0.15) is 36.5 Å². The molecule has 2 amide bonds. The zero-order valence-electron chi connectivity index (χ0n) is 16.4. The molecule has 29 heavy (non-hydrogen) atoms. The van der Waals surface area contributed by atoms with Gasteiger partial charge in [0.05, 0.1) is 11.9 Å². The number of hydrogen-bond acceptors (Lipinski definition) is 4. The number of nitrogens with one attached hydrogen (secondary N) is 2. The highest BCUT2D eigenvalue weighted by atomic mass is 16.5. The second kappa shape index (κ2) is 8.34. The lowest BCUT2D eigenvalue weighted by molar-refractivity contribution is -0.115. The van der Waals surface area contributed by atoms with Crippen LogP contribution in [0.25, 0.3) is 10.9 Å². The predicted octanol–water partition coefficient (Wildman–Crippen LogP) is 3.60. The van der Waals surface area contributed by atoms with Crippen molar-refractivity contribution in [1.29, 1.82) is 0 Å². The van der Waals surface area contributed by atoms with E-state index in [0.717, 1.165) is 23.7 Å². The molecule has 0 radical (unpaired) electrons. The molecule has 2 N–H and O–H groups in total. The zero-order valence-corrected chi connectivity index (χ0v) is 16.4. The van der Waals surface area contributed by atoms with E-state index in [1.165, 1.54) is 0 Å². The number of H-pyrrole nitrogens is 1. The van der Waals surface area contributed by atoms with Gasteiger partial charge in [-0.3, -0.25) is 9.59 Å². The quantitative estimate of drug-likeness (QED) is 0.695. The van der Waals surface area contributed by atoms with E-state index in [0.29, 0.717) is 36.6 Å². The molecule has 1 aliphatic rings. The van der Waals surface area contributed by atoms with Gasteiger partial charge in [-0.1, -0.05) is 13.0 Å². The monoisotopic (exact) mass is 392 g/mol. The molecule has 0 saturated carbocycles. The lowest BCUT2D eigenvalue weighted by atomic mass is 10.1. The van der Waals surface area contributed by atoms with Crippen molar-refractivity contribution in [2.45, 2.75) is 32.3 Å². The summed E-state index contributed by atoms with van der Waals surface area (Å²) >= 11 is 0. The Labute approximate surface area is 169 Å². The normalized spacial score (nSPS) is 14.7. The van der Waals surface area contributed by atoms with Crippen molar-refractivity contribution in [3.05, 3.63) is 54.4 Å². The third-order valence-electron chi connectivity index (χ3n) is 5.16. The number of anilines is 1. The lowest BCUT2D eigenvalue weighted by Crippen LogP contribution is -2.41. The number of carbonyl (C=O) groups excluding carboxylic acids is 2. The molecular formula is C22H24N4O3. The molecule has 1 saturated heterocycles. The Balaban J connectivity index is 1.31. The third kappa shape index (κ3) is 4.39. The summed E-state index contributed by atoms with van der Waals surface area (Å²) in [5.41, 5.74) is 2.33. The van der Waals surface area contributed by atoms with Gasteiger partial charge in [0.2, 0.25) is 11.8 Å². The second-order valence-electron chi connectivity index (χ2n) is 7.18. The van der Waals surface area contributed by atoms with Crippen molar-refractivity contribution in [1.82, 2.24) is 14.9 Å². The van der Waals surface area contributed by atoms with Crippen molar-refractivity contribution in [2.24, 2.45) is 0 Å². The maximum absolute atomic E-state index is 12.8. The van der Waals surface area contributed by atoms with Crippen LogP contribution in [0.3, 0.4) is 0 Å². The highest BCUT2D eigenvalue weighted by Gasteiger charge is 2.25. The molecule has 4 rings (SSSR count). The van der Waals surface area contributed by atoms with Gasteiger partial charge in [-0.2, -0.15) is 0 Å². The van der Waals surface area contributed by atoms with E-state index in [-0.39, 0.29) is 17.9 Å². The molecule has 0 bridgehead atoms. The van der Waals surface area contributed by atoms with Gasteiger partial charge in [0.1, 0.15) is 6.10 Å². The van der Waals surface area contributed by atoms with Crippen LogP contribution in [-0.2, 0) is 4.79 Å². The van der Waals surface area contributed by atoms with Gasteiger partial charge in [-0.05, 0) is 29.7 Å². The fourth-order valence-corrected chi connectivity index (χ4v) is 3.48. The molecule has 7 nitrogen and oxygen atoms in total. The number of piperidine rings is 1. The summed E-state index contributed by atoms with van der Waals surface area (Å²) in [6.45, 7) is 3.10. The molecule has 1 fully saturated rings. The second-order valence-corrected chi connectivity index (χ2v) is 7.18. The van der Waals surface area contributed by atoms with Gasteiger partial charge in [-0.25, -0.2) is 4.98 Å². The number of rotatable bonds is 5. The molecule has 0 atom stereocenters. The summed E-state index contributed by atoms with van der Waals surface area (Å²) in [5, 5.41) is 3.86. The maximum atomic E-state index is 12.8. The summed E-state index contributed by atoms with van der Waals surface area (Å²) in [4.78, 5) is 33.5. The Morgan fingerprint density at radius 3 is 2.76 bits per heavy atom. The first-order valence-electron chi connectivity index (χ1n) is 9.91. The van der Waals surface area contributed by atoms with Crippen LogP contribution >= 0.6 is 0 Å². The molecule has 0 unspecified atom stereocenters. The van der Waals surface area contributed by atoms with E-state index in [4.69, 9.17) is 4.74 Å². The molecule has 1 aliphatic heterocycles. The van der Waals surface area contributed by atoms with Crippen LogP contribution in [0.2, 0.25) is 0 Å². The summed E-state index contributed by atoms with van der Waals surface area (Å²) in [7, 11) is 0. The first kappa shape index (κ1) is 19.0. The predicted molar refractivity (Wildman–Crippen MR) is 111 cm³/mol. The number of nitrogens with zero attached hydrogens (tertiary/aromatic N) is 2. The van der Waals surface area contributed by atoms with Crippen LogP contribution in [-0.4, -0.2) is 45.9 Å². The highest BCUT2D eigenvalue weighted by molar-refractivity contribution is 5.98. The molecule has 1 aromatic carbocycles. The van der Waals surface area contributed by atoms with Gasteiger partial charge < -0.3 is 19.9 Å². The van der Waals surface area contributed by atoms with E-state index in [1.54, 1.807) is 25.3 Å². The topological polar surface area (TPSA) is 87.3 Å². The average molecular weight is 392 g/mol. The number of fused-ring (bicyclic) bond motifs is 1. The summed E-state index contributed by atoms with van der Waals surface area (Å²) < 4.78 is 5.96. The number of aromatic amines is 1.